The molecule has 0 aliphatic rings. The molecule has 0 spiro atoms. The number of hydrogen-bond donors (Lipinski definition) is 1. The van der Waals surface area contributed by atoms with Crippen molar-refractivity contribution in [1.82, 2.24) is 10.1 Å². The van der Waals surface area contributed by atoms with Gasteiger partial charge >= 0.3 is 0 Å². The van der Waals surface area contributed by atoms with Crippen molar-refractivity contribution in [3.63, 3.8) is 0 Å². The zero-order chi connectivity index (χ0) is 18.5. The lowest BCUT2D eigenvalue weighted by Gasteiger charge is -2.07. The Morgan fingerprint density at radius 2 is 1.81 bits per heavy atom. The average Bonchev–Trinajstić information content (AvgIpc) is 3.08. The van der Waals surface area contributed by atoms with E-state index in [1.54, 1.807) is 0 Å². The van der Waals surface area contributed by atoms with E-state index < -0.39 is 0 Å². The highest BCUT2D eigenvalue weighted by Gasteiger charge is 2.10. The van der Waals surface area contributed by atoms with Crippen LogP contribution in [0.4, 0.5) is 5.69 Å². The highest BCUT2D eigenvalue weighted by molar-refractivity contribution is 5.90. The molecule has 1 amide bonds. The summed E-state index contributed by atoms with van der Waals surface area (Å²) in [7, 11) is 0. The monoisotopic (exact) mass is 349 g/mol. The number of amides is 1. The van der Waals surface area contributed by atoms with Crippen LogP contribution in [-0.2, 0) is 11.2 Å². The number of nitrogens with one attached hydrogen (secondary N) is 1. The fourth-order valence-corrected chi connectivity index (χ4v) is 2.62. The van der Waals surface area contributed by atoms with Crippen LogP contribution in [0.2, 0.25) is 0 Å². The van der Waals surface area contributed by atoms with E-state index in [2.05, 4.69) is 22.4 Å². The van der Waals surface area contributed by atoms with Gasteiger partial charge in [0.15, 0.2) is 0 Å². The molecule has 0 atom stereocenters. The Bertz CT molecular complexity index is 898. The van der Waals surface area contributed by atoms with Crippen molar-refractivity contribution in [2.75, 3.05) is 5.32 Å². The molecule has 0 bridgehead atoms. The molecule has 0 aliphatic heterocycles. The van der Waals surface area contributed by atoms with Gasteiger partial charge in [-0.25, -0.2) is 0 Å². The number of rotatable bonds is 6. The zero-order valence-electron chi connectivity index (χ0n) is 15.4. The van der Waals surface area contributed by atoms with E-state index in [9.17, 15) is 4.79 Å². The van der Waals surface area contributed by atoms with Crippen LogP contribution in [0.5, 0.6) is 0 Å². The van der Waals surface area contributed by atoms with Gasteiger partial charge in [0.25, 0.3) is 0 Å². The normalized spacial score (nSPS) is 10.7. The second-order valence-electron chi connectivity index (χ2n) is 6.58. The third kappa shape index (κ3) is 4.57. The lowest BCUT2D eigenvalue weighted by atomic mass is 10.1. The first kappa shape index (κ1) is 17.9. The standard InChI is InChI=1S/C21H23N3O2/c1-14-7-10-17(11-8-14)21-23-20(26-24-21)6-4-5-19(25)22-18-12-9-15(2)16(3)13-18/h7-13H,4-6H2,1-3H3,(H,22,25). The first-order chi connectivity index (χ1) is 12.5. The molecule has 3 aromatic rings. The predicted molar refractivity (Wildman–Crippen MR) is 102 cm³/mol. The predicted octanol–water partition coefficient (Wildman–Crippen LogP) is 4.62. The van der Waals surface area contributed by atoms with Gasteiger partial charge in [-0.05, 0) is 50.5 Å². The molecule has 0 radical (unpaired) electrons. The van der Waals surface area contributed by atoms with Crippen LogP contribution >= 0.6 is 0 Å². The second-order valence-corrected chi connectivity index (χ2v) is 6.58. The van der Waals surface area contributed by atoms with E-state index in [-0.39, 0.29) is 5.91 Å². The molecule has 0 saturated heterocycles. The van der Waals surface area contributed by atoms with E-state index in [0.29, 0.717) is 31.0 Å². The van der Waals surface area contributed by atoms with Gasteiger partial charge in [-0.1, -0.05) is 41.1 Å². The van der Waals surface area contributed by atoms with Crippen molar-refractivity contribution in [1.29, 1.82) is 0 Å². The van der Waals surface area contributed by atoms with E-state index >= 15 is 0 Å². The van der Waals surface area contributed by atoms with E-state index in [1.165, 1.54) is 11.1 Å². The second kappa shape index (κ2) is 7.95. The van der Waals surface area contributed by atoms with Crippen LogP contribution in [0.1, 0.15) is 35.4 Å². The Kier molecular flexibility index (Phi) is 5.46. The molecule has 0 aliphatic carbocycles. The lowest BCUT2D eigenvalue weighted by Crippen LogP contribution is -2.11. The van der Waals surface area contributed by atoms with Crippen molar-refractivity contribution in [2.45, 2.75) is 40.0 Å². The molecule has 1 N–H and O–H groups in total. The van der Waals surface area contributed by atoms with Crippen molar-refractivity contribution < 1.29 is 9.32 Å². The molecule has 1 heterocycles. The van der Waals surface area contributed by atoms with Crippen molar-refractivity contribution in [2.24, 2.45) is 0 Å². The molecule has 3 rings (SSSR count). The molecule has 1 aromatic heterocycles. The summed E-state index contributed by atoms with van der Waals surface area (Å²) in [5.41, 5.74) is 5.32. The molecule has 0 unspecified atom stereocenters. The summed E-state index contributed by atoms with van der Waals surface area (Å²) in [6.07, 6.45) is 1.65. The molecular weight excluding hydrogens is 326 g/mol. The third-order valence-corrected chi connectivity index (χ3v) is 4.36. The molecule has 5 nitrogen and oxygen atoms in total. The SMILES string of the molecule is Cc1ccc(-c2noc(CCCC(=O)Nc3ccc(C)c(C)c3)n2)cc1. The number of carbonyl (C=O) groups is 1. The van der Waals surface area contributed by atoms with Gasteiger partial charge in [0.1, 0.15) is 0 Å². The minimum absolute atomic E-state index is 0.00785. The van der Waals surface area contributed by atoms with Gasteiger partial charge in [0, 0.05) is 24.1 Å². The minimum Gasteiger partial charge on any atom is -0.339 e. The first-order valence-corrected chi connectivity index (χ1v) is 8.78. The third-order valence-electron chi connectivity index (χ3n) is 4.36. The Morgan fingerprint density at radius 1 is 1.04 bits per heavy atom. The average molecular weight is 349 g/mol. The topological polar surface area (TPSA) is 68.0 Å². The Balaban J connectivity index is 1.49. The van der Waals surface area contributed by atoms with E-state index in [0.717, 1.165) is 16.8 Å². The molecule has 5 heteroatoms. The van der Waals surface area contributed by atoms with E-state index in [4.69, 9.17) is 4.52 Å². The fourth-order valence-electron chi connectivity index (χ4n) is 2.62. The lowest BCUT2D eigenvalue weighted by molar-refractivity contribution is -0.116. The van der Waals surface area contributed by atoms with Crippen LogP contribution in [-0.4, -0.2) is 16.0 Å². The summed E-state index contributed by atoms with van der Waals surface area (Å²) >= 11 is 0. The number of hydrogen-bond acceptors (Lipinski definition) is 4. The van der Waals surface area contributed by atoms with Crippen LogP contribution in [0.3, 0.4) is 0 Å². The van der Waals surface area contributed by atoms with Gasteiger partial charge in [-0.15, -0.1) is 0 Å². The zero-order valence-corrected chi connectivity index (χ0v) is 15.4. The van der Waals surface area contributed by atoms with Crippen LogP contribution in [0.25, 0.3) is 11.4 Å². The van der Waals surface area contributed by atoms with Gasteiger partial charge in [0.2, 0.25) is 17.6 Å². The highest BCUT2D eigenvalue weighted by Crippen LogP contribution is 2.18. The Morgan fingerprint density at radius 3 is 2.54 bits per heavy atom. The molecule has 26 heavy (non-hydrogen) atoms. The maximum Gasteiger partial charge on any atom is 0.226 e. The number of aromatic nitrogens is 2. The maximum absolute atomic E-state index is 12.1. The van der Waals surface area contributed by atoms with Gasteiger partial charge < -0.3 is 9.84 Å². The summed E-state index contributed by atoms with van der Waals surface area (Å²) in [5.74, 6) is 1.13. The summed E-state index contributed by atoms with van der Waals surface area (Å²) in [5, 5.41) is 6.94. The smallest absolute Gasteiger partial charge is 0.226 e. The largest absolute Gasteiger partial charge is 0.339 e. The number of carbonyl (C=O) groups excluding carboxylic acids is 1. The molecule has 2 aromatic carbocycles. The van der Waals surface area contributed by atoms with Crippen LogP contribution < -0.4 is 5.32 Å². The number of benzene rings is 2. The minimum atomic E-state index is -0.00785. The molecule has 134 valence electrons. The van der Waals surface area contributed by atoms with Crippen molar-refractivity contribution in [3.8, 4) is 11.4 Å². The van der Waals surface area contributed by atoms with Crippen LogP contribution in [0, 0.1) is 20.8 Å². The van der Waals surface area contributed by atoms with E-state index in [1.807, 2.05) is 56.3 Å². The highest BCUT2D eigenvalue weighted by atomic mass is 16.5. The van der Waals surface area contributed by atoms with Gasteiger partial charge in [-0.3, -0.25) is 4.79 Å². The van der Waals surface area contributed by atoms with Gasteiger partial charge in [-0.2, -0.15) is 4.98 Å². The van der Waals surface area contributed by atoms with Crippen LogP contribution in [0.15, 0.2) is 47.0 Å². The molecular formula is C21H23N3O2. The molecule has 0 fully saturated rings. The summed E-state index contributed by atoms with van der Waals surface area (Å²) in [4.78, 5) is 16.5. The first-order valence-electron chi connectivity index (χ1n) is 8.78. The summed E-state index contributed by atoms with van der Waals surface area (Å²) < 4.78 is 5.29. The maximum atomic E-state index is 12.1. The quantitative estimate of drug-likeness (QED) is 0.705. The fraction of sp³-hybridized carbons (Fsp3) is 0.286. The number of aryl methyl sites for hydroxylation is 4. The number of nitrogens with zero attached hydrogens (tertiary/aromatic N) is 2. The van der Waals surface area contributed by atoms with Gasteiger partial charge in [0.05, 0.1) is 0 Å². The Labute approximate surface area is 153 Å². The number of anilines is 1. The Hall–Kier alpha value is -2.95. The summed E-state index contributed by atoms with van der Waals surface area (Å²) in [6, 6.07) is 13.9. The van der Waals surface area contributed by atoms with Crippen molar-refractivity contribution >= 4 is 11.6 Å². The molecule has 0 saturated carbocycles. The summed E-state index contributed by atoms with van der Waals surface area (Å²) in [6.45, 7) is 6.12. The van der Waals surface area contributed by atoms with Crippen molar-refractivity contribution in [3.05, 3.63) is 65.0 Å².